The van der Waals surface area contributed by atoms with Crippen LogP contribution in [0.2, 0.25) is 0 Å². The zero-order chi connectivity index (χ0) is 27.4. The lowest BCUT2D eigenvalue weighted by atomic mass is 10.0. The Labute approximate surface area is 232 Å². The van der Waals surface area contributed by atoms with Gasteiger partial charge in [0.05, 0.1) is 36.0 Å². The van der Waals surface area contributed by atoms with E-state index >= 15 is 0 Å². The van der Waals surface area contributed by atoms with Crippen LogP contribution in [-0.4, -0.2) is 50.2 Å². The molecule has 1 aliphatic heterocycles. The lowest BCUT2D eigenvalue weighted by Gasteiger charge is -2.21. The molecular weight excluding hydrogens is 539 g/mol. The Bertz CT molecular complexity index is 1500. The van der Waals surface area contributed by atoms with Gasteiger partial charge in [0.2, 0.25) is 0 Å². The number of aromatic nitrogens is 3. The Morgan fingerprint density at radius 1 is 1.15 bits per heavy atom. The van der Waals surface area contributed by atoms with Crippen molar-refractivity contribution in [3.05, 3.63) is 93.7 Å². The second-order valence-corrected chi connectivity index (χ2v) is 10.6. The normalized spacial score (nSPS) is 14.8. The maximum absolute atomic E-state index is 13.5. The van der Waals surface area contributed by atoms with Crippen LogP contribution >= 0.6 is 23.1 Å². The molecule has 0 radical (unpaired) electrons. The number of nitrogens with one attached hydrogen (secondary N) is 1. The molecule has 0 aliphatic carbocycles. The van der Waals surface area contributed by atoms with Crippen LogP contribution in [0, 0.1) is 5.82 Å². The van der Waals surface area contributed by atoms with Crippen LogP contribution in [-0.2, 0) is 18.4 Å². The molecule has 1 atom stereocenters. The maximum Gasteiger partial charge on any atom is 0.253 e. The van der Waals surface area contributed by atoms with Crippen LogP contribution < -0.4 is 10.1 Å². The highest BCUT2D eigenvalue weighted by Gasteiger charge is 2.33. The monoisotopic (exact) mass is 564 g/mol. The number of ether oxygens (including phenoxy) is 1. The van der Waals surface area contributed by atoms with Crippen LogP contribution in [0.15, 0.2) is 76.3 Å². The van der Waals surface area contributed by atoms with Gasteiger partial charge >= 0.3 is 0 Å². The molecule has 1 N–H and O–H groups in total. The molecule has 4 aromatic rings. The summed E-state index contributed by atoms with van der Waals surface area (Å²) in [6.45, 7) is 0.168. The molecule has 0 saturated heterocycles. The van der Waals surface area contributed by atoms with Crippen molar-refractivity contribution in [2.75, 3.05) is 12.9 Å². The van der Waals surface area contributed by atoms with Crippen molar-refractivity contribution in [1.82, 2.24) is 25.1 Å². The van der Waals surface area contributed by atoms with Crippen molar-refractivity contribution < 1.29 is 18.7 Å². The van der Waals surface area contributed by atoms with Gasteiger partial charge in [-0.15, -0.1) is 21.5 Å². The predicted octanol–water partition coefficient (Wildman–Crippen LogP) is 4.42. The Hall–Kier alpha value is -4.03. The van der Waals surface area contributed by atoms with Gasteiger partial charge in [-0.3, -0.25) is 9.59 Å². The third kappa shape index (κ3) is 6.02. The number of nitrogens with zero attached hydrogens (tertiary/aromatic N) is 5. The largest absolute Gasteiger partial charge is 0.497 e. The van der Waals surface area contributed by atoms with E-state index in [1.54, 1.807) is 66.5 Å². The number of hydrazone groups is 1. The predicted molar refractivity (Wildman–Crippen MR) is 147 cm³/mol. The lowest BCUT2D eigenvalue weighted by molar-refractivity contribution is -0.130. The molecule has 2 aromatic heterocycles. The van der Waals surface area contributed by atoms with E-state index in [1.165, 1.54) is 28.9 Å². The Balaban J connectivity index is 1.24. The second-order valence-electron chi connectivity index (χ2n) is 8.69. The molecule has 0 fully saturated rings. The number of amides is 2. The molecule has 9 nitrogen and oxygen atoms in total. The van der Waals surface area contributed by atoms with Gasteiger partial charge in [0.15, 0.2) is 11.0 Å². The quantitative estimate of drug-likeness (QED) is 0.302. The highest BCUT2D eigenvalue weighted by Crippen LogP contribution is 2.34. The Kier molecular flexibility index (Phi) is 8.03. The highest BCUT2D eigenvalue weighted by molar-refractivity contribution is 7.99. The highest BCUT2D eigenvalue weighted by atomic mass is 32.2. The average molecular weight is 565 g/mol. The van der Waals surface area contributed by atoms with E-state index in [-0.39, 0.29) is 36.0 Å². The number of benzene rings is 2. The van der Waals surface area contributed by atoms with Gasteiger partial charge in [-0.25, -0.2) is 9.40 Å². The number of hydrogen-bond acceptors (Lipinski definition) is 8. The summed E-state index contributed by atoms with van der Waals surface area (Å²) in [5.41, 5.74) is 2.11. The number of hydrogen-bond donors (Lipinski definition) is 1. The van der Waals surface area contributed by atoms with Crippen molar-refractivity contribution in [2.45, 2.75) is 24.2 Å². The molecule has 2 amide bonds. The van der Waals surface area contributed by atoms with Crippen LogP contribution in [0.4, 0.5) is 4.39 Å². The van der Waals surface area contributed by atoms with Gasteiger partial charge in [-0.05, 0) is 47.3 Å². The topological polar surface area (TPSA) is 102 Å². The number of halogens is 1. The van der Waals surface area contributed by atoms with Gasteiger partial charge < -0.3 is 14.6 Å². The van der Waals surface area contributed by atoms with E-state index in [2.05, 4.69) is 20.6 Å². The fourth-order valence-corrected chi connectivity index (χ4v) is 5.62. The van der Waals surface area contributed by atoms with Crippen molar-refractivity contribution in [3.8, 4) is 5.75 Å². The molecule has 3 heterocycles. The van der Waals surface area contributed by atoms with Crippen molar-refractivity contribution >= 4 is 40.6 Å². The maximum atomic E-state index is 13.5. The number of methoxy groups -OCH3 is 1. The molecule has 0 unspecified atom stereocenters. The van der Waals surface area contributed by atoms with E-state index < -0.39 is 0 Å². The summed E-state index contributed by atoms with van der Waals surface area (Å²) in [4.78, 5) is 26.9. The van der Waals surface area contributed by atoms with Crippen molar-refractivity contribution in [3.63, 3.8) is 0 Å². The Morgan fingerprint density at radius 2 is 1.97 bits per heavy atom. The molecule has 12 heteroatoms. The second kappa shape index (κ2) is 11.8. The standard InChI is InChI=1S/C27H25FN6O3S2/c1-33-24(15-29-26(36)18-5-3-6-20(13-18)37-2)30-31-27(33)39-16-25(35)34-22(17-8-10-19(28)11-9-17)14-21(32-34)23-7-4-12-38-23/h3-13,22H,14-16H2,1-2H3,(H,29,36)/t22-/m0/s1. The lowest BCUT2D eigenvalue weighted by Crippen LogP contribution is -2.28. The number of carbonyl (C=O) groups is 2. The average Bonchev–Trinajstić information content (AvgIpc) is 3.71. The van der Waals surface area contributed by atoms with E-state index in [1.807, 2.05) is 17.5 Å². The van der Waals surface area contributed by atoms with Gasteiger partial charge in [-0.1, -0.05) is 36.0 Å². The summed E-state index contributed by atoms with van der Waals surface area (Å²) in [5.74, 6) is 0.433. The smallest absolute Gasteiger partial charge is 0.253 e. The SMILES string of the molecule is COc1cccc(C(=O)NCc2nnc(SCC(=O)N3N=C(c4cccs4)C[C@H]3c3ccc(F)cc3)n2C)c1. The Morgan fingerprint density at radius 3 is 2.72 bits per heavy atom. The van der Waals surface area contributed by atoms with Gasteiger partial charge in [-0.2, -0.15) is 5.10 Å². The summed E-state index contributed by atoms with van der Waals surface area (Å²) in [5, 5.41) is 19.8. The number of thiophene rings is 1. The first-order valence-electron chi connectivity index (χ1n) is 12.0. The molecule has 2 aromatic carbocycles. The third-order valence-corrected chi connectivity index (χ3v) is 8.14. The van der Waals surface area contributed by atoms with Gasteiger partial charge in [0, 0.05) is 19.0 Å². The number of rotatable bonds is 9. The van der Waals surface area contributed by atoms with Crippen molar-refractivity contribution in [2.24, 2.45) is 12.1 Å². The fourth-order valence-electron chi connectivity index (χ4n) is 4.12. The molecule has 39 heavy (non-hydrogen) atoms. The van der Waals surface area contributed by atoms with E-state index in [0.717, 1.165) is 16.2 Å². The fraction of sp³-hybridized carbons (Fsp3) is 0.222. The van der Waals surface area contributed by atoms with E-state index in [0.29, 0.717) is 28.7 Å². The van der Waals surface area contributed by atoms with E-state index in [9.17, 15) is 14.0 Å². The van der Waals surface area contributed by atoms with Crippen molar-refractivity contribution in [1.29, 1.82) is 0 Å². The molecule has 0 bridgehead atoms. The van der Waals surface area contributed by atoms with Crippen LogP contribution in [0.1, 0.15) is 39.1 Å². The molecule has 1 aliphatic rings. The molecule has 0 saturated carbocycles. The summed E-state index contributed by atoms with van der Waals surface area (Å²) in [6, 6.07) is 16.6. The zero-order valence-electron chi connectivity index (χ0n) is 21.2. The molecule has 0 spiro atoms. The summed E-state index contributed by atoms with van der Waals surface area (Å²) < 4.78 is 20.5. The first-order chi connectivity index (χ1) is 18.9. The van der Waals surface area contributed by atoms with Crippen LogP contribution in [0.25, 0.3) is 0 Å². The minimum absolute atomic E-state index is 0.0844. The minimum Gasteiger partial charge on any atom is -0.497 e. The third-order valence-electron chi connectivity index (χ3n) is 6.22. The molecule has 5 rings (SSSR count). The summed E-state index contributed by atoms with van der Waals surface area (Å²) in [7, 11) is 3.33. The molecule has 200 valence electrons. The van der Waals surface area contributed by atoms with E-state index in [4.69, 9.17) is 4.74 Å². The van der Waals surface area contributed by atoms with Gasteiger partial charge in [0.25, 0.3) is 11.8 Å². The summed E-state index contributed by atoms with van der Waals surface area (Å²) in [6.07, 6.45) is 0.545. The number of carbonyl (C=O) groups excluding carboxylic acids is 2. The first-order valence-corrected chi connectivity index (χ1v) is 13.9. The van der Waals surface area contributed by atoms with Crippen LogP contribution in [0.5, 0.6) is 5.75 Å². The van der Waals surface area contributed by atoms with Gasteiger partial charge in [0.1, 0.15) is 11.6 Å². The first kappa shape index (κ1) is 26.6. The molecular formula is C27H25FN6O3S2. The summed E-state index contributed by atoms with van der Waals surface area (Å²) >= 11 is 2.80. The number of thioether (sulfide) groups is 1. The van der Waals surface area contributed by atoms with Crippen LogP contribution in [0.3, 0.4) is 0 Å². The minimum atomic E-state index is -0.331. The zero-order valence-corrected chi connectivity index (χ0v) is 22.8.